The molecule has 0 aromatic rings. The SMILES string of the molecule is C=COC(C)CC(=C)C(=O)O. The number of hydrogen-bond acceptors (Lipinski definition) is 2. The molecular formula is C8H12O3. The molecule has 0 bridgehead atoms. The Labute approximate surface area is 66.0 Å². The van der Waals surface area contributed by atoms with Gasteiger partial charge in [-0.15, -0.1) is 0 Å². The lowest BCUT2D eigenvalue weighted by atomic mass is 10.1. The van der Waals surface area contributed by atoms with Crippen LogP contribution in [-0.4, -0.2) is 17.2 Å². The summed E-state index contributed by atoms with van der Waals surface area (Å²) in [6.45, 7) is 8.48. The molecule has 0 aromatic heterocycles. The first-order valence-corrected chi connectivity index (χ1v) is 3.25. The Morgan fingerprint density at radius 2 is 2.36 bits per heavy atom. The van der Waals surface area contributed by atoms with Crippen LogP contribution < -0.4 is 0 Å². The van der Waals surface area contributed by atoms with Crippen molar-refractivity contribution in [3.63, 3.8) is 0 Å². The highest BCUT2D eigenvalue weighted by atomic mass is 16.5. The zero-order valence-corrected chi connectivity index (χ0v) is 6.54. The number of carbonyl (C=O) groups is 1. The van der Waals surface area contributed by atoms with E-state index in [2.05, 4.69) is 13.2 Å². The fraction of sp³-hybridized carbons (Fsp3) is 0.375. The minimum Gasteiger partial charge on any atom is -0.499 e. The molecule has 1 N–H and O–H groups in total. The average Bonchev–Trinajstić information content (AvgIpc) is 1.87. The molecule has 62 valence electrons. The molecule has 0 aliphatic carbocycles. The van der Waals surface area contributed by atoms with Gasteiger partial charge < -0.3 is 9.84 Å². The molecule has 0 amide bonds. The number of carboxylic acids is 1. The number of hydrogen-bond donors (Lipinski definition) is 1. The second kappa shape index (κ2) is 4.55. The maximum absolute atomic E-state index is 10.3. The normalized spacial score (nSPS) is 11.7. The van der Waals surface area contributed by atoms with Crippen molar-refractivity contribution in [2.75, 3.05) is 0 Å². The van der Waals surface area contributed by atoms with Crippen LogP contribution in [0.25, 0.3) is 0 Å². The van der Waals surface area contributed by atoms with Gasteiger partial charge in [-0.25, -0.2) is 4.79 Å². The van der Waals surface area contributed by atoms with Crippen LogP contribution in [0.3, 0.4) is 0 Å². The highest BCUT2D eigenvalue weighted by molar-refractivity contribution is 5.85. The summed E-state index contributed by atoms with van der Waals surface area (Å²) in [4.78, 5) is 10.3. The van der Waals surface area contributed by atoms with Crippen molar-refractivity contribution in [1.29, 1.82) is 0 Å². The molecule has 1 atom stereocenters. The molecule has 0 saturated heterocycles. The summed E-state index contributed by atoms with van der Waals surface area (Å²) in [6.07, 6.45) is 1.44. The summed E-state index contributed by atoms with van der Waals surface area (Å²) in [5.74, 6) is -0.982. The Morgan fingerprint density at radius 3 is 2.73 bits per heavy atom. The lowest BCUT2D eigenvalue weighted by Crippen LogP contribution is -2.09. The molecule has 11 heavy (non-hydrogen) atoms. The molecule has 0 radical (unpaired) electrons. The van der Waals surface area contributed by atoms with E-state index >= 15 is 0 Å². The van der Waals surface area contributed by atoms with Gasteiger partial charge in [0, 0.05) is 12.0 Å². The van der Waals surface area contributed by atoms with Gasteiger partial charge in [-0.1, -0.05) is 13.2 Å². The van der Waals surface area contributed by atoms with Gasteiger partial charge >= 0.3 is 5.97 Å². The molecular weight excluding hydrogens is 144 g/mol. The van der Waals surface area contributed by atoms with E-state index in [4.69, 9.17) is 9.84 Å². The van der Waals surface area contributed by atoms with Crippen LogP contribution in [-0.2, 0) is 9.53 Å². The summed E-state index contributed by atoms with van der Waals surface area (Å²) in [7, 11) is 0. The number of aliphatic carboxylic acids is 1. The van der Waals surface area contributed by atoms with Gasteiger partial charge in [0.15, 0.2) is 0 Å². The van der Waals surface area contributed by atoms with E-state index in [1.807, 2.05) is 0 Å². The minimum atomic E-state index is -0.982. The fourth-order valence-corrected chi connectivity index (χ4v) is 0.647. The molecule has 0 rings (SSSR count). The topological polar surface area (TPSA) is 46.5 Å². The fourth-order valence-electron chi connectivity index (χ4n) is 0.647. The first-order valence-electron chi connectivity index (χ1n) is 3.25. The van der Waals surface area contributed by atoms with Crippen molar-refractivity contribution in [3.05, 3.63) is 25.0 Å². The Bertz CT molecular complexity index is 172. The van der Waals surface area contributed by atoms with Crippen LogP contribution in [0.4, 0.5) is 0 Å². The van der Waals surface area contributed by atoms with Crippen LogP contribution in [0.2, 0.25) is 0 Å². The van der Waals surface area contributed by atoms with Gasteiger partial charge in [0.05, 0.1) is 12.4 Å². The van der Waals surface area contributed by atoms with E-state index in [9.17, 15) is 4.79 Å². The molecule has 0 aliphatic rings. The van der Waals surface area contributed by atoms with Crippen LogP contribution in [0.5, 0.6) is 0 Å². The Balaban J connectivity index is 3.74. The monoisotopic (exact) mass is 156 g/mol. The van der Waals surface area contributed by atoms with Crippen LogP contribution in [0, 0.1) is 0 Å². The largest absolute Gasteiger partial charge is 0.499 e. The van der Waals surface area contributed by atoms with E-state index in [-0.39, 0.29) is 11.7 Å². The highest BCUT2D eigenvalue weighted by Crippen LogP contribution is 2.06. The third kappa shape index (κ3) is 4.19. The minimum absolute atomic E-state index is 0.152. The van der Waals surface area contributed by atoms with Crippen molar-refractivity contribution in [2.24, 2.45) is 0 Å². The molecule has 0 aliphatic heterocycles. The zero-order valence-electron chi connectivity index (χ0n) is 6.54. The zero-order chi connectivity index (χ0) is 8.85. The summed E-state index contributed by atoms with van der Waals surface area (Å²) in [5.41, 5.74) is 0.152. The van der Waals surface area contributed by atoms with Crippen molar-refractivity contribution in [3.8, 4) is 0 Å². The quantitative estimate of drug-likeness (QED) is 0.485. The maximum Gasteiger partial charge on any atom is 0.331 e. The molecule has 0 fully saturated rings. The second-order valence-corrected chi connectivity index (χ2v) is 2.23. The summed E-state index contributed by atoms with van der Waals surface area (Å²) < 4.78 is 4.90. The Hall–Kier alpha value is -1.25. The van der Waals surface area contributed by atoms with Crippen LogP contribution in [0.15, 0.2) is 25.0 Å². The van der Waals surface area contributed by atoms with Gasteiger partial charge in [0.2, 0.25) is 0 Å². The van der Waals surface area contributed by atoms with Gasteiger partial charge in [-0.3, -0.25) is 0 Å². The predicted octanol–water partition coefficient (Wildman–Crippen LogP) is 1.57. The van der Waals surface area contributed by atoms with E-state index in [0.717, 1.165) is 0 Å². The van der Waals surface area contributed by atoms with Gasteiger partial charge in [-0.05, 0) is 6.92 Å². The average molecular weight is 156 g/mol. The second-order valence-electron chi connectivity index (χ2n) is 2.23. The number of rotatable bonds is 5. The molecule has 1 unspecified atom stereocenters. The van der Waals surface area contributed by atoms with Gasteiger partial charge in [0.25, 0.3) is 0 Å². The third-order valence-corrected chi connectivity index (χ3v) is 1.16. The first kappa shape index (κ1) is 9.75. The molecule has 3 heteroatoms. The summed E-state index contributed by atoms with van der Waals surface area (Å²) in [6, 6.07) is 0. The van der Waals surface area contributed by atoms with Crippen molar-refractivity contribution >= 4 is 5.97 Å². The molecule has 3 nitrogen and oxygen atoms in total. The third-order valence-electron chi connectivity index (χ3n) is 1.16. The van der Waals surface area contributed by atoms with E-state index in [0.29, 0.717) is 6.42 Å². The first-order chi connectivity index (χ1) is 5.07. The molecule has 0 saturated carbocycles. The van der Waals surface area contributed by atoms with E-state index in [1.165, 1.54) is 6.26 Å². The standard InChI is InChI=1S/C8H12O3/c1-4-11-7(3)5-6(2)8(9)10/h4,7H,1-2,5H2,3H3,(H,9,10). The molecule has 0 spiro atoms. The van der Waals surface area contributed by atoms with E-state index < -0.39 is 5.97 Å². The number of carboxylic acid groups (broad SMARTS) is 1. The summed E-state index contributed by atoms with van der Waals surface area (Å²) in [5, 5.41) is 8.42. The summed E-state index contributed by atoms with van der Waals surface area (Å²) >= 11 is 0. The highest BCUT2D eigenvalue weighted by Gasteiger charge is 2.08. The Kier molecular flexibility index (Phi) is 4.03. The van der Waals surface area contributed by atoms with Crippen LogP contribution in [0.1, 0.15) is 13.3 Å². The van der Waals surface area contributed by atoms with Crippen LogP contribution >= 0.6 is 0 Å². The van der Waals surface area contributed by atoms with Crippen molar-refractivity contribution in [2.45, 2.75) is 19.4 Å². The Morgan fingerprint density at radius 1 is 1.82 bits per heavy atom. The lowest BCUT2D eigenvalue weighted by molar-refractivity contribution is -0.133. The van der Waals surface area contributed by atoms with Crippen molar-refractivity contribution in [1.82, 2.24) is 0 Å². The number of ether oxygens (including phenoxy) is 1. The molecule has 0 aromatic carbocycles. The maximum atomic E-state index is 10.3. The van der Waals surface area contributed by atoms with Gasteiger partial charge in [-0.2, -0.15) is 0 Å². The lowest BCUT2D eigenvalue weighted by Gasteiger charge is -2.09. The predicted molar refractivity (Wildman–Crippen MR) is 42.1 cm³/mol. The van der Waals surface area contributed by atoms with Gasteiger partial charge in [0.1, 0.15) is 0 Å². The van der Waals surface area contributed by atoms with E-state index in [1.54, 1.807) is 6.92 Å². The van der Waals surface area contributed by atoms with Crippen molar-refractivity contribution < 1.29 is 14.6 Å². The smallest absolute Gasteiger partial charge is 0.331 e. The molecule has 0 heterocycles.